The highest BCUT2D eigenvalue weighted by atomic mass is 16.5. The summed E-state index contributed by atoms with van der Waals surface area (Å²) in [5.41, 5.74) is 1.68. The van der Waals surface area contributed by atoms with Gasteiger partial charge in [-0.25, -0.2) is 4.79 Å². The summed E-state index contributed by atoms with van der Waals surface area (Å²) >= 11 is 0. The molecule has 4 heteroatoms. The highest BCUT2D eigenvalue weighted by molar-refractivity contribution is 5.99. The number of phenolic OH excluding ortho intramolecular Hbond substituents is 1. The Labute approximate surface area is 129 Å². The average Bonchev–Trinajstić information content (AvgIpc) is 2.52. The van der Waals surface area contributed by atoms with Crippen LogP contribution in [0.4, 0.5) is 0 Å². The molecule has 4 nitrogen and oxygen atoms in total. The van der Waals surface area contributed by atoms with Gasteiger partial charge in [-0.05, 0) is 23.6 Å². The molecule has 114 valence electrons. The fraction of sp³-hybridized carbons (Fsp3) is 0.222. The predicted octanol–water partition coefficient (Wildman–Crippen LogP) is 3.56. The molecule has 22 heavy (non-hydrogen) atoms. The number of Topliss-reactive ketones (excluding diaryl/α,β-unsaturated/α-hetero) is 1. The van der Waals surface area contributed by atoms with Gasteiger partial charge < -0.3 is 9.84 Å². The summed E-state index contributed by atoms with van der Waals surface area (Å²) in [5, 5.41) is 9.56. The molecule has 0 atom stereocenters. The number of esters is 1. The van der Waals surface area contributed by atoms with E-state index in [0.717, 1.165) is 5.56 Å². The topological polar surface area (TPSA) is 63.6 Å². The number of ether oxygens (including phenoxy) is 1. The van der Waals surface area contributed by atoms with E-state index in [1.807, 2.05) is 12.1 Å². The third-order valence-electron chi connectivity index (χ3n) is 3.36. The number of phenols is 1. The van der Waals surface area contributed by atoms with Gasteiger partial charge in [0.25, 0.3) is 0 Å². The Kier molecular flexibility index (Phi) is 4.94. The van der Waals surface area contributed by atoms with Crippen LogP contribution in [0.15, 0.2) is 48.5 Å². The van der Waals surface area contributed by atoms with E-state index in [2.05, 4.69) is 13.8 Å². The van der Waals surface area contributed by atoms with Crippen molar-refractivity contribution in [2.75, 3.05) is 6.61 Å². The molecule has 0 aliphatic rings. The van der Waals surface area contributed by atoms with Crippen molar-refractivity contribution < 1.29 is 19.4 Å². The second kappa shape index (κ2) is 6.89. The lowest BCUT2D eigenvalue weighted by Crippen LogP contribution is -2.14. The van der Waals surface area contributed by atoms with Crippen molar-refractivity contribution >= 4 is 11.8 Å². The molecule has 0 saturated heterocycles. The molecular weight excluding hydrogens is 280 g/mol. The van der Waals surface area contributed by atoms with Crippen molar-refractivity contribution in [2.24, 2.45) is 0 Å². The number of carbonyl (C=O) groups is 2. The number of hydrogen-bond acceptors (Lipinski definition) is 4. The first-order valence-electron chi connectivity index (χ1n) is 7.07. The van der Waals surface area contributed by atoms with Gasteiger partial charge in [0, 0.05) is 5.56 Å². The van der Waals surface area contributed by atoms with Crippen LogP contribution < -0.4 is 0 Å². The summed E-state index contributed by atoms with van der Waals surface area (Å²) in [6, 6.07) is 13.3. The number of aromatic hydroxyl groups is 1. The van der Waals surface area contributed by atoms with Gasteiger partial charge >= 0.3 is 5.97 Å². The van der Waals surface area contributed by atoms with E-state index in [1.165, 1.54) is 12.1 Å². The first-order chi connectivity index (χ1) is 10.5. The molecule has 2 aromatic rings. The normalized spacial score (nSPS) is 10.5. The number of ketones is 1. The SMILES string of the molecule is CC(C)c1ccc(C(=O)COC(=O)c2ccccc2O)cc1. The zero-order valence-electron chi connectivity index (χ0n) is 12.6. The van der Waals surface area contributed by atoms with Crippen LogP contribution in [0, 0.1) is 0 Å². The Morgan fingerprint density at radius 1 is 1.05 bits per heavy atom. The van der Waals surface area contributed by atoms with Gasteiger partial charge in [0.1, 0.15) is 11.3 Å². The van der Waals surface area contributed by atoms with Crippen LogP contribution in [0.3, 0.4) is 0 Å². The molecule has 0 fully saturated rings. The minimum absolute atomic E-state index is 0.0467. The molecule has 0 aromatic heterocycles. The van der Waals surface area contributed by atoms with Gasteiger partial charge in [-0.15, -0.1) is 0 Å². The van der Waals surface area contributed by atoms with E-state index in [1.54, 1.807) is 24.3 Å². The van der Waals surface area contributed by atoms with Gasteiger partial charge in [0.2, 0.25) is 0 Å². The van der Waals surface area contributed by atoms with Gasteiger partial charge in [0.05, 0.1) is 0 Å². The third-order valence-corrected chi connectivity index (χ3v) is 3.36. The summed E-state index contributed by atoms with van der Waals surface area (Å²) in [7, 11) is 0. The zero-order chi connectivity index (χ0) is 16.1. The summed E-state index contributed by atoms with van der Waals surface area (Å²) in [5.74, 6) is -0.770. The number of hydrogen-bond donors (Lipinski definition) is 1. The first kappa shape index (κ1) is 15.8. The number of benzene rings is 2. The van der Waals surface area contributed by atoms with Crippen LogP contribution in [0.1, 0.15) is 46.0 Å². The fourth-order valence-corrected chi connectivity index (χ4v) is 1.99. The largest absolute Gasteiger partial charge is 0.507 e. The molecule has 0 bridgehead atoms. The van der Waals surface area contributed by atoms with Crippen molar-refractivity contribution in [2.45, 2.75) is 19.8 Å². The average molecular weight is 298 g/mol. The maximum Gasteiger partial charge on any atom is 0.342 e. The van der Waals surface area contributed by atoms with E-state index in [0.29, 0.717) is 11.5 Å². The summed E-state index contributed by atoms with van der Waals surface area (Å²) in [6.45, 7) is 3.80. The lowest BCUT2D eigenvalue weighted by Gasteiger charge is -2.08. The molecule has 2 rings (SSSR count). The van der Waals surface area contributed by atoms with Crippen molar-refractivity contribution in [1.82, 2.24) is 0 Å². The van der Waals surface area contributed by atoms with E-state index >= 15 is 0 Å². The molecule has 1 N–H and O–H groups in total. The Morgan fingerprint density at radius 3 is 2.27 bits per heavy atom. The maximum absolute atomic E-state index is 12.0. The maximum atomic E-state index is 12.0. The van der Waals surface area contributed by atoms with E-state index < -0.39 is 5.97 Å². The zero-order valence-corrected chi connectivity index (χ0v) is 12.6. The quantitative estimate of drug-likeness (QED) is 0.677. The minimum Gasteiger partial charge on any atom is -0.507 e. The summed E-state index contributed by atoms with van der Waals surface area (Å²) < 4.78 is 4.95. The standard InChI is InChI=1S/C18H18O4/c1-12(2)13-7-9-14(10-8-13)17(20)11-22-18(21)15-5-3-4-6-16(15)19/h3-10,12,19H,11H2,1-2H3. The highest BCUT2D eigenvalue weighted by Crippen LogP contribution is 2.17. The molecule has 0 heterocycles. The molecule has 0 spiro atoms. The van der Waals surface area contributed by atoms with Gasteiger partial charge in [0.15, 0.2) is 12.4 Å². The van der Waals surface area contributed by atoms with E-state index in [4.69, 9.17) is 4.74 Å². The minimum atomic E-state index is -0.717. The predicted molar refractivity (Wildman–Crippen MR) is 83.3 cm³/mol. The Morgan fingerprint density at radius 2 is 1.68 bits per heavy atom. The number of carbonyl (C=O) groups excluding carboxylic acids is 2. The highest BCUT2D eigenvalue weighted by Gasteiger charge is 2.14. The molecule has 0 radical (unpaired) electrons. The smallest absolute Gasteiger partial charge is 0.342 e. The Bertz CT molecular complexity index is 672. The van der Waals surface area contributed by atoms with Crippen LogP contribution >= 0.6 is 0 Å². The number of para-hydroxylation sites is 1. The second-order valence-electron chi connectivity index (χ2n) is 5.29. The van der Waals surface area contributed by atoms with Crippen LogP contribution in [0.25, 0.3) is 0 Å². The molecule has 0 amide bonds. The molecule has 0 unspecified atom stereocenters. The lowest BCUT2D eigenvalue weighted by molar-refractivity contribution is 0.0472. The van der Waals surface area contributed by atoms with Gasteiger partial charge in [-0.2, -0.15) is 0 Å². The van der Waals surface area contributed by atoms with Crippen molar-refractivity contribution in [3.8, 4) is 5.75 Å². The van der Waals surface area contributed by atoms with Crippen LogP contribution in [-0.2, 0) is 4.74 Å². The van der Waals surface area contributed by atoms with Gasteiger partial charge in [-0.3, -0.25) is 4.79 Å². The summed E-state index contributed by atoms with van der Waals surface area (Å²) in [4.78, 5) is 23.8. The van der Waals surface area contributed by atoms with Crippen LogP contribution in [-0.4, -0.2) is 23.5 Å². The molecule has 2 aromatic carbocycles. The monoisotopic (exact) mass is 298 g/mol. The third kappa shape index (κ3) is 3.73. The first-order valence-corrected chi connectivity index (χ1v) is 7.07. The van der Waals surface area contributed by atoms with E-state index in [-0.39, 0.29) is 23.7 Å². The summed E-state index contributed by atoms with van der Waals surface area (Å²) in [6.07, 6.45) is 0. The Balaban J connectivity index is 1.98. The fourth-order valence-electron chi connectivity index (χ4n) is 1.99. The van der Waals surface area contributed by atoms with Crippen molar-refractivity contribution in [3.05, 3.63) is 65.2 Å². The van der Waals surface area contributed by atoms with E-state index in [9.17, 15) is 14.7 Å². The second-order valence-corrected chi connectivity index (χ2v) is 5.29. The van der Waals surface area contributed by atoms with Crippen molar-refractivity contribution in [3.63, 3.8) is 0 Å². The Hall–Kier alpha value is -2.62. The number of rotatable bonds is 5. The lowest BCUT2D eigenvalue weighted by atomic mass is 10.0. The molecule has 0 aliphatic carbocycles. The molecule has 0 saturated carbocycles. The molecule has 0 aliphatic heterocycles. The van der Waals surface area contributed by atoms with Crippen LogP contribution in [0.5, 0.6) is 5.75 Å². The van der Waals surface area contributed by atoms with Crippen LogP contribution in [0.2, 0.25) is 0 Å². The molecular formula is C18H18O4. The van der Waals surface area contributed by atoms with Gasteiger partial charge in [-0.1, -0.05) is 50.2 Å². The van der Waals surface area contributed by atoms with Crippen molar-refractivity contribution in [1.29, 1.82) is 0 Å².